The molecule has 1 aliphatic carbocycles. The van der Waals surface area contributed by atoms with E-state index >= 15 is 0 Å². The Hall–Kier alpha value is -2.88. The minimum absolute atomic E-state index is 0.0732. The first-order valence-electron chi connectivity index (χ1n) is 10.3. The molecule has 1 aromatic heterocycles. The summed E-state index contributed by atoms with van der Waals surface area (Å²) in [6.07, 6.45) is 9.42. The first kappa shape index (κ1) is 17.2. The van der Waals surface area contributed by atoms with Crippen LogP contribution < -0.4 is 10.2 Å². The molecule has 1 fully saturated rings. The molecule has 28 heavy (non-hydrogen) atoms. The first-order chi connectivity index (χ1) is 13.8. The molecule has 3 aromatic rings. The number of fused-ring (bicyclic) bond motifs is 2. The number of hydrogen-bond acceptors (Lipinski definition) is 3. The number of para-hydroxylation sites is 1. The Morgan fingerprint density at radius 3 is 2.79 bits per heavy atom. The van der Waals surface area contributed by atoms with E-state index in [0.717, 1.165) is 35.1 Å². The number of benzene rings is 2. The van der Waals surface area contributed by atoms with Gasteiger partial charge in [0.25, 0.3) is 5.91 Å². The predicted molar refractivity (Wildman–Crippen MR) is 114 cm³/mol. The zero-order chi connectivity index (χ0) is 18.9. The minimum Gasteiger partial charge on any atom is -0.368 e. The van der Waals surface area contributed by atoms with Crippen molar-refractivity contribution < 1.29 is 4.79 Å². The van der Waals surface area contributed by atoms with Gasteiger partial charge >= 0.3 is 0 Å². The summed E-state index contributed by atoms with van der Waals surface area (Å²) in [4.78, 5) is 19.8. The molecule has 4 heteroatoms. The standard InChI is InChI=1S/C24H25N3O/c28-24(26-20-15-17-6-4-5-9-22(17)25-16-20)19-10-11-23-18(14-19)12-13-27(23)21-7-2-1-3-8-21/h4-6,9-11,14-16,21H,1-3,7-8,12-13H2,(H,26,28). The lowest BCUT2D eigenvalue weighted by molar-refractivity contribution is 0.102. The fourth-order valence-corrected chi connectivity index (χ4v) is 4.68. The van der Waals surface area contributed by atoms with Crippen molar-refractivity contribution in [2.24, 2.45) is 0 Å². The Morgan fingerprint density at radius 1 is 1.04 bits per heavy atom. The van der Waals surface area contributed by atoms with E-state index in [1.165, 1.54) is 43.4 Å². The topological polar surface area (TPSA) is 45.2 Å². The van der Waals surface area contributed by atoms with Crippen LogP contribution in [0, 0.1) is 0 Å². The molecular formula is C24H25N3O. The van der Waals surface area contributed by atoms with Crippen molar-refractivity contribution in [1.29, 1.82) is 0 Å². The molecule has 1 saturated carbocycles. The molecule has 1 N–H and O–H groups in total. The number of nitrogens with one attached hydrogen (secondary N) is 1. The number of rotatable bonds is 3. The second-order valence-electron chi connectivity index (χ2n) is 7.95. The van der Waals surface area contributed by atoms with E-state index in [2.05, 4.69) is 27.3 Å². The van der Waals surface area contributed by atoms with Crippen LogP contribution in [0.3, 0.4) is 0 Å². The van der Waals surface area contributed by atoms with Gasteiger partial charge in [-0.3, -0.25) is 9.78 Å². The quantitative estimate of drug-likeness (QED) is 0.690. The van der Waals surface area contributed by atoms with Crippen molar-refractivity contribution in [2.75, 3.05) is 16.8 Å². The van der Waals surface area contributed by atoms with Crippen LogP contribution in [0.5, 0.6) is 0 Å². The maximum atomic E-state index is 12.8. The van der Waals surface area contributed by atoms with Crippen molar-refractivity contribution in [2.45, 2.75) is 44.6 Å². The van der Waals surface area contributed by atoms with Gasteiger partial charge in [0.05, 0.1) is 17.4 Å². The molecule has 0 atom stereocenters. The molecular weight excluding hydrogens is 346 g/mol. The molecule has 0 bridgehead atoms. The second kappa shape index (κ2) is 7.27. The summed E-state index contributed by atoms with van der Waals surface area (Å²) < 4.78 is 0. The van der Waals surface area contributed by atoms with Crippen molar-refractivity contribution >= 4 is 28.2 Å². The number of carbonyl (C=O) groups excluding carboxylic acids is 1. The number of hydrogen-bond donors (Lipinski definition) is 1. The summed E-state index contributed by atoms with van der Waals surface area (Å²) in [6.45, 7) is 1.08. The van der Waals surface area contributed by atoms with Crippen LogP contribution in [0.4, 0.5) is 11.4 Å². The number of aromatic nitrogens is 1. The van der Waals surface area contributed by atoms with E-state index in [0.29, 0.717) is 6.04 Å². The lowest BCUT2D eigenvalue weighted by Crippen LogP contribution is -2.35. The monoisotopic (exact) mass is 371 g/mol. The average Bonchev–Trinajstić information content (AvgIpc) is 3.17. The summed E-state index contributed by atoms with van der Waals surface area (Å²) in [5.41, 5.74) is 5.01. The highest BCUT2D eigenvalue weighted by Gasteiger charge is 2.27. The van der Waals surface area contributed by atoms with Crippen LogP contribution >= 0.6 is 0 Å². The van der Waals surface area contributed by atoms with E-state index < -0.39 is 0 Å². The Labute approximate surface area is 165 Å². The normalized spacial score (nSPS) is 16.9. The largest absolute Gasteiger partial charge is 0.368 e. The second-order valence-corrected chi connectivity index (χ2v) is 7.95. The zero-order valence-corrected chi connectivity index (χ0v) is 16.0. The smallest absolute Gasteiger partial charge is 0.255 e. The van der Waals surface area contributed by atoms with Gasteiger partial charge in [-0.2, -0.15) is 0 Å². The zero-order valence-electron chi connectivity index (χ0n) is 16.0. The minimum atomic E-state index is -0.0732. The molecule has 0 saturated heterocycles. The van der Waals surface area contributed by atoms with Gasteiger partial charge in [-0.1, -0.05) is 37.5 Å². The number of carbonyl (C=O) groups is 1. The third-order valence-corrected chi connectivity index (χ3v) is 6.14. The maximum absolute atomic E-state index is 12.8. The van der Waals surface area contributed by atoms with Crippen molar-refractivity contribution in [3.05, 3.63) is 65.9 Å². The van der Waals surface area contributed by atoms with E-state index in [4.69, 9.17) is 0 Å². The Bertz CT molecular complexity index is 1020. The summed E-state index contributed by atoms with van der Waals surface area (Å²) in [5.74, 6) is -0.0732. The highest BCUT2D eigenvalue weighted by atomic mass is 16.1. The van der Waals surface area contributed by atoms with Crippen LogP contribution in [0.1, 0.15) is 48.0 Å². The van der Waals surface area contributed by atoms with Crippen LogP contribution in [-0.2, 0) is 6.42 Å². The van der Waals surface area contributed by atoms with Crippen molar-refractivity contribution in [3.63, 3.8) is 0 Å². The molecule has 4 nitrogen and oxygen atoms in total. The average molecular weight is 371 g/mol. The molecule has 1 aliphatic heterocycles. The lowest BCUT2D eigenvalue weighted by atomic mass is 9.94. The van der Waals surface area contributed by atoms with Gasteiger partial charge in [-0.25, -0.2) is 0 Å². The first-order valence-corrected chi connectivity index (χ1v) is 10.3. The van der Waals surface area contributed by atoms with Crippen LogP contribution in [0.2, 0.25) is 0 Å². The molecule has 5 rings (SSSR count). The number of nitrogens with zero attached hydrogens (tertiary/aromatic N) is 2. The van der Waals surface area contributed by atoms with Gasteiger partial charge in [-0.05, 0) is 55.2 Å². The number of amides is 1. The van der Waals surface area contributed by atoms with E-state index in [1.807, 2.05) is 36.4 Å². The van der Waals surface area contributed by atoms with Crippen molar-refractivity contribution in [1.82, 2.24) is 4.98 Å². The van der Waals surface area contributed by atoms with Gasteiger partial charge in [0.15, 0.2) is 0 Å². The molecule has 1 amide bonds. The molecule has 2 aromatic carbocycles. The molecule has 0 unspecified atom stereocenters. The molecule has 0 spiro atoms. The van der Waals surface area contributed by atoms with Crippen LogP contribution in [0.15, 0.2) is 54.7 Å². The summed E-state index contributed by atoms with van der Waals surface area (Å²) in [5, 5.41) is 4.03. The molecule has 0 radical (unpaired) electrons. The SMILES string of the molecule is O=C(Nc1cnc2ccccc2c1)c1ccc2c(c1)CCN2C1CCCCC1. The Balaban J connectivity index is 1.34. The molecule has 2 aliphatic rings. The van der Waals surface area contributed by atoms with Gasteiger partial charge in [0.2, 0.25) is 0 Å². The summed E-state index contributed by atoms with van der Waals surface area (Å²) in [6, 6.07) is 16.8. The third kappa shape index (κ3) is 3.24. The van der Waals surface area contributed by atoms with Crippen molar-refractivity contribution in [3.8, 4) is 0 Å². The van der Waals surface area contributed by atoms with Crippen LogP contribution in [-0.4, -0.2) is 23.5 Å². The third-order valence-electron chi connectivity index (χ3n) is 6.14. The van der Waals surface area contributed by atoms with Gasteiger partial charge in [0, 0.05) is 29.2 Å². The maximum Gasteiger partial charge on any atom is 0.255 e. The van der Waals surface area contributed by atoms with Gasteiger partial charge < -0.3 is 10.2 Å². The Morgan fingerprint density at radius 2 is 1.89 bits per heavy atom. The van der Waals surface area contributed by atoms with E-state index in [1.54, 1.807) is 6.20 Å². The highest BCUT2D eigenvalue weighted by Crippen LogP contribution is 2.35. The van der Waals surface area contributed by atoms with E-state index in [-0.39, 0.29) is 5.91 Å². The summed E-state index contributed by atoms with van der Waals surface area (Å²) >= 11 is 0. The summed E-state index contributed by atoms with van der Waals surface area (Å²) in [7, 11) is 0. The Kier molecular flexibility index (Phi) is 4.47. The lowest BCUT2D eigenvalue weighted by Gasteiger charge is -2.33. The van der Waals surface area contributed by atoms with Gasteiger partial charge in [0.1, 0.15) is 0 Å². The highest BCUT2D eigenvalue weighted by molar-refractivity contribution is 6.05. The number of anilines is 2. The fraction of sp³-hybridized carbons (Fsp3) is 0.333. The van der Waals surface area contributed by atoms with Gasteiger partial charge in [-0.15, -0.1) is 0 Å². The molecule has 2 heterocycles. The molecule has 142 valence electrons. The fourth-order valence-electron chi connectivity index (χ4n) is 4.68. The van der Waals surface area contributed by atoms with E-state index in [9.17, 15) is 4.79 Å². The van der Waals surface area contributed by atoms with Crippen LogP contribution in [0.25, 0.3) is 10.9 Å². The number of pyridine rings is 1. The predicted octanol–water partition coefficient (Wildman–Crippen LogP) is 5.18.